The second-order valence-corrected chi connectivity index (χ2v) is 7.26. The third kappa shape index (κ3) is 3.21. The average Bonchev–Trinajstić information content (AvgIpc) is 3.05. The maximum Gasteiger partial charge on any atom is 0.230 e. The average molecular weight is 321 g/mol. The van der Waals surface area contributed by atoms with Crippen molar-refractivity contribution in [3.8, 4) is 0 Å². The van der Waals surface area contributed by atoms with Crippen molar-refractivity contribution in [3.63, 3.8) is 0 Å². The zero-order valence-corrected chi connectivity index (χ0v) is 13.8. The molecule has 0 unspecified atom stereocenters. The van der Waals surface area contributed by atoms with Crippen LogP contribution in [0.3, 0.4) is 0 Å². The van der Waals surface area contributed by atoms with Crippen molar-refractivity contribution in [2.24, 2.45) is 0 Å². The fourth-order valence-corrected chi connectivity index (χ4v) is 4.75. The maximum atomic E-state index is 11.8. The van der Waals surface area contributed by atoms with E-state index >= 15 is 0 Å². The highest BCUT2D eigenvalue weighted by Gasteiger charge is 2.21. The monoisotopic (exact) mass is 321 g/mol. The van der Waals surface area contributed by atoms with Gasteiger partial charge in [-0.05, 0) is 31.2 Å². The van der Waals surface area contributed by atoms with E-state index in [-0.39, 0.29) is 5.91 Å². The van der Waals surface area contributed by atoms with Crippen LogP contribution in [0.1, 0.15) is 36.6 Å². The van der Waals surface area contributed by atoms with Crippen LogP contribution in [0.4, 0.5) is 0 Å². The van der Waals surface area contributed by atoms with E-state index in [0.29, 0.717) is 5.75 Å². The Kier molecular flexibility index (Phi) is 4.75. The molecule has 0 fully saturated rings. The van der Waals surface area contributed by atoms with Gasteiger partial charge in [-0.15, -0.1) is 11.3 Å². The van der Waals surface area contributed by atoms with Crippen LogP contribution >= 0.6 is 23.1 Å². The molecule has 0 aromatic carbocycles. The SMILES string of the molecule is CCCCNC(=O)CSc1ncnc2sc3c(c12)CCC3. The van der Waals surface area contributed by atoms with Gasteiger partial charge in [0.1, 0.15) is 16.2 Å². The molecule has 21 heavy (non-hydrogen) atoms. The van der Waals surface area contributed by atoms with Gasteiger partial charge < -0.3 is 5.32 Å². The smallest absolute Gasteiger partial charge is 0.230 e. The minimum atomic E-state index is 0.0899. The molecule has 0 bridgehead atoms. The molecule has 1 aliphatic rings. The summed E-state index contributed by atoms with van der Waals surface area (Å²) in [4.78, 5) is 23.1. The number of thioether (sulfide) groups is 1. The summed E-state index contributed by atoms with van der Waals surface area (Å²) in [5, 5.41) is 5.11. The van der Waals surface area contributed by atoms with Gasteiger partial charge in [-0.2, -0.15) is 0 Å². The summed E-state index contributed by atoms with van der Waals surface area (Å²) in [7, 11) is 0. The first-order valence-electron chi connectivity index (χ1n) is 7.44. The van der Waals surface area contributed by atoms with Crippen LogP contribution in [0, 0.1) is 0 Å². The number of carbonyl (C=O) groups is 1. The van der Waals surface area contributed by atoms with E-state index < -0.39 is 0 Å². The molecular weight excluding hydrogens is 302 g/mol. The van der Waals surface area contributed by atoms with Gasteiger partial charge in [-0.1, -0.05) is 25.1 Å². The Morgan fingerprint density at radius 1 is 1.43 bits per heavy atom. The van der Waals surface area contributed by atoms with E-state index in [2.05, 4.69) is 22.2 Å². The Bertz CT molecular complexity index is 654. The number of nitrogens with zero attached hydrogens (tertiary/aromatic N) is 2. The Labute approximate surface area is 132 Å². The molecular formula is C15H19N3OS2. The van der Waals surface area contributed by atoms with Crippen LogP contribution in [0.5, 0.6) is 0 Å². The molecule has 1 amide bonds. The fourth-order valence-electron chi connectivity index (χ4n) is 2.60. The molecule has 0 saturated carbocycles. The van der Waals surface area contributed by atoms with E-state index in [4.69, 9.17) is 0 Å². The largest absolute Gasteiger partial charge is 0.355 e. The van der Waals surface area contributed by atoms with Gasteiger partial charge in [0, 0.05) is 16.8 Å². The molecule has 2 aromatic rings. The summed E-state index contributed by atoms with van der Waals surface area (Å²) < 4.78 is 0. The highest BCUT2D eigenvalue weighted by Crippen LogP contribution is 2.39. The van der Waals surface area contributed by atoms with Crippen LogP contribution in [-0.4, -0.2) is 28.2 Å². The lowest BCUT2D eigenvalue weighted by Gasteiger charge is -2.05. The lowest BCUT2D eigenvalue weighted by atomic mass is 10.2. The summed E-state index contributed by atoms with van der Waals surface area (Å²) in [6.45, 7) is 2.89. The molecule has 112 valence electrons. The number of fused-ring (bicyclic) bond motifs is 3. The van der Waals surface area contributed by atoms with Crippen LogP contribution in [0.15, 0.2) is 11.4 Å². The Morgan fingerprint density at radius 2 is 2.33 bits per heavy atom. The molecule has 1 aliphatic carbocycles. The van der Waals surface area contributed by atoms with Crippen molar-refractivity contribution in [3.05, 3.63) is 16.8 Å². The third-order valence-electron chi connectivity index (χ3n) is 3.66. The highest BCUT2D eigenvalue weighted by molar-refractivity contribution is 8.00. The molecule has 3 rings (SSSR count). The Morgan fingerprint density at radius 3 is 3.19 bits per heavy atom. The quantitative estimate of drug-likeness (QED) is 0.504. The number of aryl methyl sites for hydroxylation is 2. The van der Waals surface area contributed by atoms with Crippen molar-refractivity contribution in [2.45, 2.75) is 44.1 Å². The first kappa shape index (κ1) is 14.8. The van der Waals surface area contributed by atoms with Gasteiger partial charge in [-0.3, -0.25) is 4.79 Å². The molecule has 0 aliphatic heterocycles. The van der Waals surface area contributed by atoms with Crippen LogP contribution in [0.2, 0.25) is 0 Å². The van der Waals surface area contributed by atoms with Gasteiger partial charge in [-0.25, -0.2) is 9.97 Å². The molecule has 6 heteroatoms. The molecule has 2 heterocycles. The number of unbranched alkanes of at least 4 members (excludes halogenated alkanes) is 1. The van der Waals surface area contributed by atoms with Crippen molar-refractivity contribution in [1.82, 2.24) is 15.3 Å². The topological polar surface area (TPSA) is 54.9 Å². The van der Waals surface area contributed by atoms with Crippen molar-refractivity contribution >= 4 is 39.2 Å². The number of hydrogen-bond acceptors (Lipinski definition) is 5. The van der Waals surface area contributed by atoms with E-state index in [9.17, 15) is 4.79 Å². The van der Waals surface area contributed by atoms with Crippen LogP contribution < -0.4 is 5.32 Å². The van der Waals surface area contributed by atoms with Crippen molar-refractivity contribution in [1.29, 1.82) is 0 Å². The second kappa shape index (κ2) is 6.75. The zero-order chi connectivity index (χ0) is 14.7. The minimum absolute atomic E-state index is 0.0899. The molecule has 4 nitrogen and oxygen atoms in total. The summed E-state index contributed by atoms with van der Waals surface area (Å²) in [6.07, 6.45) is 7.27. The number of thiophene rings is 1. The number of hydrogen-bond donors (Lipinski definition) is 1. The second-order valence-electron chi connectivity index (χ2n) is 5.21. The molecule has 0 saturated heterocycles. The lowest BCUT2D eigenvalue weighted by Crippen LogP contribution is -2.26. The first-order valence-corrected chi connectivity index (χ1v) is 9.24. The van der Waals surface area contributed by atoms with Gasteiger partial charge in [0.25, 0.3) is 0 Å². The van der Waals surface area contributed by atoms with Crippen LogP contribution in [0.25, 0.3) is 10.2 Å². The molecule has 2 aromatic heterocycles. The first-order chi connectivity index (χ1) is 10.3. The van der Waals surface area contributed by atoms with Crippen molar-refractivity contribution in [2.75, 3.05) is 12.3 Å². The Balaban J connectivity index is 1.71. The molecule has 0 spiro atoms. The molecule has 0 atom stereocenters. The highest BCUT2D eigenvalue weighted by atomic mass is 32.2. The minimum Gasteiger partial charge on any atom is -0.355 e. The van der Waals surface area contributed by atoms with E-state index in [0.717, 1.165) is 42.1 Å². The van der Waals surface area contributed by atoms with Crippen LogP contribution in [-0.2, 0) is 17.6 Å². The van der Waals surface area contributed by atoms with E-state index in [1.54, 1.807) is 17.7 Å². The number of rotatable bonds is 6. The van der Waals surface area contributed by atoms with E-state index in [1.165, 1.54) is 34.0 Å². The summed E-state index contributed by atoms with van der Waals surface area (Å²) in [5.74, 6) is 0.521. The lowest BCUT2D eigenvalue weighted by molar-refractivity contribution is -0.118. The molecule has 1 N–H and O–H groups in total. The maximum absolute atomic E-state index is 11.8. The van der Waals surface area contributed by atoms with Gasteiger partial charge in [0.05, 0.1) is 5.75 Å². The number of carbonyl (C=O) groups excluding carboxylic acids is 1. The van der Waals surface area contributed by atoms with Gasteiger partial charge in [0.2, 0.25) is 5.91 Å². The number of nitrogens with one attached hydrogen (secondary N) is 1. The number of aromatic nitrogens is 2. The third-order valence-corrected chi connectivity index (χ3v) is 5.85. The van der Waals surface area contributed by atoms with E-state index in [1.807, 2.05) is 0 Å². The predicted molar refractivity (Wildman–Crippen MR) is 88.1 cm³/mol. The number of amides is 1. The summed E-state index contributed by atoms with van der Waals surface area (Å²) in [6, 6.07) is 0. The summed E-state index contributed by atoms with van der Waals surface area (Å²) >= 11 is 3.32. The van der Waals surface area contributed by atoms with Crippen molar-refractivity contribution < 1.29 is 4.79 Å². The zero-order valence-electron chi connectivity index (χ0n) is 12.1. The normalized spacial score (nSPS) is 13.6. The fraction of sp³-hybridized carbons (Fsp3) is 0.533. The molecule has 0 radical (unpaired) electrons. The van der Waals surface area contributed by atoms with Gasteiger partial charge >= 0.3 is 0 Å². The standard InChI is InChI=1S/C15H19N3OS2/c1-2-3-7-16-12(19)8-20-14-13-10-5-4-6-11(10)21-15(13)18-9-17-14/h9H,2-8H2,1H3,(H,16,19). The Hall–Kier alpha value is -1.14. The summed E-state index contributed by atoms with van der Waals surface area (Å²) in [5.41, 5.74) is 1.42. The predicted octanol–water partition coefficient (Wildman–Crippen LogP) is 3.19. The van der Waals surface area contributed by atoms with Gasteiger partial charge in [0.15, 0.2) is 0 Å².